The lowest BCUT2D eigenvalue weighted by atomic mass is 10.1. The van der Waals surface area contributed by atoms with Crippen LogP contribution in [0, 0.1) is 20.8 Å². The Morgan fingerprint density at radius 3 is 2.38 bits per heavy atom. The molecule has 24 heavy (non-hydrogen) atoms. The Hall–Kier alpha value is -2.73. The fourth-order valence-electron chi connectivity index (χ4n) is 2.52. The van der Waals surface area contributed by atoms with Gasteiger partial charge in [-0.1, -0.05) is 23.7 Å². The second kappa shape index (κ2) is 6.05. The normalized spacial score (nSPS) is 10.8. The molecule has 2 amide bonds. The highest BCUT2D eigenvalue weighted by molar-refractivity contribution is 6.35. The average molecular weight is 347 g/mol. The van der Waals surface area contributed by atoms with Crippen molar-refractivity contribution < 1.29 is 18.4 Å². The lowest BCUT2D eigenvalue weighted by Crippen LogP contribution is -2.41. The van der Waals surface area contributed by atoms with Crippen LogP contribution in [0.4, 0.5) is 0 Å². The Morgan fingerprint density at radius 2 is 1.75 bits per heavy atom. The summed E-state index contributed by atoms with van der Waals surface area (Å²) in [7, 11) is 0. The smallest absolute Gasteiger partial charge is 0.305 e. The van der Waals surface area contributed by atoms with Gasteiger partial charge >= 0.3 is 5.91 Å². The summed E-state index contributed by atoms with van der Waals surface area (Å²) in [5.74, 6) is 0.159. The lowest BCUT2D eigenvalue weighted by molar-refractivity contribution is 0.0830. The molecule has 2 N–H and O–H groups in total. The maximum Gasteiger partial charge on any atom is 0.305 e. The van der Waals surface area contributed by atoms with Crippen molar-refractivity contribution in [1.82, 2.24) is 10.9 Å². The molecule has 0 aliphatic rings. The molecule has 6 nitrogen and oxygen atoms in total. The predicted octanol–water partition coefficient (Wildman–Crippen LogP) is 3.68. The van der Waals surface area contributed by atoms with Crippen LogP contribution in [0.15, 0.2) is 33.1 Å². The molecule has 1 aromatic carbocycles. The Bertz CT molecular complexity index is 955. The molecular weight excluding hydrogens is 332 g/mol. The molecule has 0 aliphatic heterocycles. The van der Waals surface area contributed by atoms with Crippen LogP contribution in [-0.4, -0.2) is 11.8 Å². The minimum absolute atomic E-state index is 0.0958. The summed E-state index contributed by atoms with van der Waals surface area (Å²) < 4.78 is 10.8. The number of rotatable bonds is 2. The zero-order chi connectivity index (χ0) is 17.4. The first-order chi connectivity index (χ1) is 11.4. The minimum Gasteiger partial charge on any atom is -0.466 e. The first-order valence-corrected chi connectivity index (χ1v) is 7.61. The molecule has 7 heteroatoms. The summed E-state index contributed by atoms with van der Waals surface area (Å²) in [4.78, 5) is 24.4. The minimum atomic E-state index is -0.564. The molecule has 0 atom stereocenters. The number of carbonyl (C=O) groups excluding carboxylic acids is 2. The van der Waals surface area contributed by atoms with Crippen molar-refractivity contribution in [2.45, 2.75) is 20.8 Å². The van der Waals surface area contributed by atoms with Crippen LogP contribution in [0.3, 0.4) is 0 Å². The maximum absolute atomic E-state index is 12.3. The van der Waals surface area contributed by atoms with Gasteiger partial charge < -0.3 is 8.83 Å². The van der Waals surface area contributed by atoms with Crippen molar-refractivity contribution in [3.8, 4) is 0 Å². The van der Waals surface area contributed by atoms with Gasteiger partial charge in [0, 0.05) is 10.9 Å². The zero-order valence-electron chi connectivity index (χ0n) is 13.3. The number of aryl methyl sites for hydroxylation is 3. The number of hydrazine groups is 1. The molecule has 0 bridgehead atoms. The number of benzene rings is 1. The second-order valence-corrected chi connectivity index (χ2v) is 5.82. The van der Waals surface area contributed by atoms with Gasteiger partial charge in [0.2, 0.25) is 0 Å². The molecule has 0 radical (unpaired) electrons. The Kier molecular flexibility index (Phi) is 4.07. The first-order valence-electron chi connectivity index (χ1n) is 7.24. The van der Waals surface area contributed by atoms with Crippen LogP contribution in [0.5, 0.6) is 0 Å². The molecule has 3 rings (SSSR count). The van der Waals surface area contributed by atoms with Crippen LogP contribution >= 0.6 is 11.6 Å². The van der Waals surface area contributed by atoms with Crippen molar-refractivity contribution in [3.05, 3.63) is 57.7 Å². The Morgan fingerprint density at radius 1 is 1.04 bits per heavy atom. The monoisotopic (exact) mass is 346 g/mol. The van der Waals surface area contributed by atoms with Crippen LogP contribution in [0.2, 0.25) is 5.02 Å². The van der Waals surface area contributed by atoms with Crippen molar-refractivity contribution >= 4 is 34.4 Å². The van der Waals surface area contributed by atoms with Gasteiger partial charge in [0.25, 0.3) is 5.91 Å². The summed E-state index contributed by atoms with van der Waals surface area (Å²) >= 11 is 6.07. The predicted molar refractivity (Wildman–Crippen MR) is 89.1 cm³/mol. The van der Waals surface area contributed by atoms with Gasteiger partial charge in [0.05, 0.1) is 10.6 Å². The largest absolute Gasteiger partial charge is 0.466 e. The molecule has 3 aromatic rings. The quantitative estimate of drug-likeness (QED) is 0.693. The van der Waals surface area contributed by atoms with Gasteiger partial charge in [-0.15, -0.1) is 0 Å². The van der Waals surface area contributed by atoms with Crippen molar-refractivity contribution in [2.75, 3.05) is 0 Å². The van der Waals surface area contributed by atoms with E-state index in [1.807, 2.05) is 6.07 Å². The highest BCUT2D eigenvalue weighted by Crippen LogP contribution is 2.30. The summed E-state index contributed by atoms with van der Waals surface area (Å²) in [5, 5.41) is 1.17. The van der Waals surface area contributed by atoms with Crippen molar-refractivity contribution in [3.63, 3.8) is 0 Å². The number of hydrogen-bond acceptors (Lipinski definition) is 4. The third-order valence-corrected chi connectivity index (χ3v) is 3.99. The zero-order valence-corrected chi connectivity index (χ0v) is 14.1. The van der Waals surface area contributed by atoms with Gasteiger partial charge in [-0.05, 0) is 32.9 Å². The molecular formula is C17H15ClN2O4. The van der Waals surface area contributed by atoms with Gasteiger partial charge in [0.1, 0.15) is 11.5 Å². The van der Waals surface area contributed by atoms with Gasteiger partial charge in [-0.2, -0.15) is 0 Å². The standard InChI is InChI=1S/C17H15ClN2O4/c1-8-7-12(10(3)23-8)16(21)19-20-17(22)14-9(2)11-5-4-6-13(18)15(11)24-14/h4-7H,1-3H3,(H,19,21)(H,20,22). The van der Waals surface area contributed by atoms with E-state index < -0.39 is 11.8 Å². The Balaban J connectivity index is 1.78. The fraction of sp³-hybridized carbons (Fsp3) is 0.176. The van der Waals surface area contributed by atoms with Gasteiger partial charge in [-0.25, -0.2) is 0 Å². The number of furan rings is 2. The van der Waals surface area contributed by atoms with E-state index in [1.165, 1.54) is 0 Å². The third kappa shape index (κ3) is 2.76. The molecule has 0 saturated heterocycles. The van der Waals surface area contributed by atoms with Crippen LogP contribution in [0.1, 0.15) is 38.0 Å². The number of halogens is 1. The summed E-state index contributed by atoms with van der Waals surface area (Å²) in [6.45, 7) is 5.17. The number of hydrogen-bond donors (Lipinski definition) is 2. The van der Waals surface area contributed by atoms with Gasteiger partial charge in [-0.3, -0.25) is 20.4 Å². The van der Waals surface area contributed by atoms with E-state index in [-0.39, 0.29) is 5.76 Å². The molecule has 2 aromatic heterocycles. The summed E-state index contributed by atoms with van der Waals surface area (Å²) in [5.41, 5.74) is 6.13. The molecule has 0 spiro atoms. The first kappa shape index (κ1) is 16.1. The van der Waals surface area contributed by atoms with Crippen molar-refractivity contribution in [2.24, 2.45) is 0 Å². The topological polar surface area (TPSA) is 84.5 Å². The summed E-state index contributed by atoms with van der Waals surface area (Å²) in [6.07, 6.45) is 0. The molecule has 0 saturated carbocycles. The molecule has 2 heterocycles. The van der Waals surface area contributed by atoms with E-state index in [1.54, 1.807) is 39.0 Å². The molecule has 0 aliphatic carbocycles. The van der Waals surface area contributed by atoms with Crippen molar-refractivity contribution in [1.29, 1.82) is 0 Å². The molecule has 0 unspecified atom stereocenters. The number of carbonyl (C=O) groups is 2. The average Bonchev–Trinajstić information content (AvgIpc) is 3.06. The fourth-order valence-corrected chi connectivity index (χ4v) is 2.73. The van der Waals surface area contributed by atoms with E-state index in [9.17, 15) is 9.59 Å². The lowest BCUT2D eigenvalue weighted by Gasteiger charge is -2.05. The third-order valence-electron chi connectivity index (χ3n) is 3.70. The van der Waals surface area contributed by atoms with E-state index >= 15 is 0 Å². The van der Waals surface area contributed by atoms with E-state index in [2.05, 4.69) is 10.9 Å². The van der Waals surface area contributed by atoms with E-state index in [4.69, 9.17) is 20.4 Å². The van der Waals surface area contributed by atoms with E-state index in [0.29, 0.717) is 33.3 Å². The van der Waals surface area contributed by atoms with Crippen LogP contribution in [0.25, 0.3) is 11.0 Å². The molecule has 124 valence electrons. The Labute approximate surface area is 142 Å². The van der Waals surface area contributed by atoms with Gasteiger partial charge in [0.15, 0.2) is 11.3 Å². The number of amides is 2. The van der Waals surface area contributed by atoms with Crippen LogP contribution in [-0.2, 0) is 0 Å². The maximum atomic E-state index is 12.3. The molecule has 0 fully saturated rings. The number of fused-ring (bicyclic) bond motifs is 1. The highest BCUT2D eigenvalue weighted by atomic mass is 35.5. The van der Waals surface area contributed by atoms with E-state index in [0.717, 1.165) is 5.39 Å². The summed E-state index contributed by atoms with van der Waals surface area (Å²) in [6, 6.07) is 6.87. The SMILES string of the molecule is Cc1cc(C(=O)NNC(=O)c2oc3c(Cl)cccc3c2C)c(C)o1. The number of nitrogens with one attached hydrogen (secondary N) is 2. The second-order valence-electron chi connectivity index (χ2n) is 5.41. The van der Waals surface area contributed by atoms with Crippen LogP contribution < -0.4 is 10.9 Å². The highest BCUT2D eigenvalue weighted by Gasteiger charge is 2.20. The number of para-hydroxylation sites is 1.